The van der Waals surface area contributed by atoms with Gasteiger partial charge in [0.25, 0.3) is 0 Å². The molecule has 3 N–H and O–H groups in total. The Balaban J connectivity index is 1.52. The molecule has 0 aromatic carbocycles. The standard InChI is InChI=1S/C23H34O11/c1-5-30-23-17-10(3)31-8-13(11(17)7-15(24)33-23)19(25)32-14-6-12-16(9(14)2)21(27)34-22(28)18(12)20(26)29-4/h8-12,14-18,21-24,27-28H,5-7H2,1-4H3/t9-,10+,11+,12-,14-,15-,16+,17-,18-,21+,22+,23+/m0/s1. The number of methoxy groups -OCH3 is 1. The van der Waals surface area contributed by atoms with E-state index in [9.17, 15) is 24.9 Å². The van der Waals surface area contributed by atoms with Crippen molar-refractivity contribution >= 4 is 11.9 Å². The van der Waals surface area contributed by atoms with Gasteiger partial charge in [-0.1, -0.05) is 6.92 Å². The first-order chi connectivity index (χ1) is 16.2. The molecule has 11 nitrogen and oxygen atoms in total. The highest BCUT2D eigenvalue weighted by Gasteiger charge is 2.57. The van der Waals surface area contributed by atoms with Crippen molar-refractivity contribution in [2.75, 3.05) is 13.7 Å². The maximum absolute atomic E-state index is 13.3. The van der Waals surface area contributed by atoms with Crippen LogP contribution in [0.3, 0.4) is 0 Å². The van der Waals surface area contributed by atoms with E-state index in [4.69, 9.17) is 28.4 Å². The van der Waals surface area contributed by atoms with Gasteiger partial charge in [-0.05, 0) is 26.2 Å². The van der Waals surface area contributed by atoms with Crippen LogP contribution in [0.1, 0.15) is 33.6 Å². The number of aliphatic hydroxyl groups excluding tert-OH is 3. The molecular weight excluding hydrogens is 452 g/mol. The summed E-state index contributed by atoms with van der Waals surface area (Å²) in [4.78, 5) is 25.6. The fourth-order valence-corrected chi connectivity index (χ4v) is 6.07. The molecule has 4 rings (SSSR count). The highest BCUT2D eigenvalue weighted by Crippen LogP contribution is 2.50. The Morgan fingerprint density at radius 1 is 1.09 bits per heavy atom. The summed E-state index contributed by atoms with van der Waals surface area (Å²) >= 11 is 0. The van der Waals surface area contributed by atoms with Crippen LogP contribution >= 0.6 is 0 Å². The van der Waals surface area contributed by atoms with Crippen molar-refractivity contribution < 1.29 is 53.3 Å². The molecular formula is C23H34O11. The molecule has 1 aliphatic carbocycles. The molecule has 3 fully saturated rings. The minimum atomic E-state index is -1.51. The van der Waals surface area contributed by atoms with Crippen molar-refractivity contribution in [3.63, 3.8) is 0 Å². The van der Waals surface area contributed by atoms with Gasteiger partial charge in [0.2, 0.25) is 0 Å². The molecule has 0 radical (unpaired) electrons. The van der Waals surface area contributed by atoms with Crippen molar-refractivity contribution in [3.05, 3.63) is 11.8 Å². The lowest BCUT2D eigenvalue weighted by Crippen LogP contribution is -2.51. The van der Waals surface area contributed by atoms with Crippen LogP contribution in [0.5, 0.6) is 0 Å². The third-order valence-electron chi connectivity index (χ3n) is 7.74. The summed E-state index contributed by atoms with van der Waals surface area (Å²) in [5, 5.41) is 30.9. The monoisotopic (exact) mass is 486 g/mol. The Morgan fingerprint density at radius 3 is 2.50 bits per heavy atom. The van der Waals surface area contributed by atoms with E-state index < -0.39 is 66.9 Å². The molecule has 3 heterocycles. The highest BCUT2D eigenvalue weighted by atomic mass is 16.7. The van der Waals surface area contributed by atoms with E-state index in [-0.39, 0.29) is 36.4 Å². The van der Waals surface area contributed by atoms with Crippen molar-refractivity contribution in [3.8, 4) is 0 Å². The van der Waals surface area contributed by atoms with E-state index in [2.05, 4.69) is 0 Å². The number of esters is 2. The summed E-state index contributed by atoms with van der Waals surface area (Å²) in [7, 11) is 1.22. The second-order valence-electron chi connectivity index (χ2n) is 9.49. The smallest absolute Gasteiger partial charge is 0.337 e. The molecule has 0 spiro atoms. The summed E-state index contributed by atoms with van der Waals surface area (Å²) in [5.74, 6) is -4.32. The van der Waals surface area contributed by atoms with Gasteiger partial charge in [-0.2, -0.15) is 0 Å². The first kappa shape index (κ1) is 25.3. The number of hydrogen-bond acceptors (Lipinski definition) is 11. The van der Waals surface area contributed by atoms with Crippen molar-refractivity contribution in [2.45, 2.75) is 71.0 Å². The third kappa shape index (κ3) is 4.45. The van der Waals surface area contributed by atoms with Crippen LogP contribution in [0.15, 0.2) is 11.8 Å². The second-order valence-corrected chi connectivity index (χ2v) is 9.49. The molecule has 0 amide bonds. The van der Waals surface area contributed by atoms with Gasteiger partial charge in [-0.25, -0.2) is 4.79 Å². The summed E-state index contributed by atoms with van der Waals surface area (Å²) in [6.07, 6.45) is -3.76. The van der Waals surface area contributed by atoms with Crippen LogP contribution in [-0.4, -0.2) is 78.3 Å². The fourth-order valence-electron chi connectivity index (χ4n) is 6.07. The number of rotatable bonds is 5. The Hall–Kier alpha value is -1.76. The Bertz CT molecular complexity index is 800. The van der Waals surface area contributed by atoms with Gasteiger partial charge >= 0.3 is 11.9 Å². The molecule has 12 atom stereocenters. The predicted octanol–water partition coefficient (Wildman–Crippen LogP) is 0.263. The van der Waals surface area contributed by atoms with Crippen LogP contribution in [0, 0.1) is 35.5 Å². The Morgan fingerprint density at radius 2 is 1.82 bits per heavy atom. The van der Waals surface area contributed by atoms with Crippen molar-refractivity contribution in [1.82, 2.24) is 0 Å². The molecule has 4 aliphatic rings. The molecule has 0 aromatic rings. The molecule has 1 saturated carbocycles. The Kier molecular flexibility index (Phi) is 7.51. The van der Waals surface area contributed by atoms with Crippen LogP contribution < -0.4 is 0 Å². The first-order valence-electron chi connectivity index (χ1n) is 11.8. The minimum Gasteiger partial charge on any atom is -0.497 e. The van der Waals surface area contributed by atoms with Gasteiger partial charge in [0, 0.05) is 30.8 Å². The van der Waals surface area contributed by atoms with E-state index >= 15 is 0 Å². The number of carbonyl (C=O) groups excluding carboxylic acids is 2. The van der Waals surface area contributed by atoms with E-state index in [1.54, 1.807) is 6.92 Å². The van der Waals surface area contributed by atoms with Gasteiger partial charge in [0.15, 0.2) is 25.2 Å². The lowest BCUT2D eigenvalue weighted by molar-refractivity contribution is -0.296. The van der Waals surface area contributed by atoms with Crippen LogP contribution in [0.2, 0.25) is 0 Å². The maximum atomic E-state index is 13.3. The third-order valence-corrected chi connectivity index (χ3v) is 7.74. The van der Waals surface area contributed by atoms with Crippen LogP contribution in [0.4, 0.5) is 0 Å². The van der Waals surface area contributed by atoms with Gasteiger partial charge < -0.3 is 43.7 Å². The summed E-state index contributed by atoms with van der Waals surface area (Å²) in [6.45, 7) is 5.85. The van der Waals surface area contributed by atoms with Crippen LogP contribution in [-0.2, 0) is 38.0 Å². The second kappa shape index (κ2) is 10.1. The van der Waals surface area contributed by atoms with E-state index in [0.717, 1.165) is 0 Å². The average molecular weight is 487 g/mol. The van der Waals surface area contributed by atoms with E-state index in [1.807, 2.05) is 13.8 Å². The topological polar surface area (TPSA) is 150 Å². The first-order valence-corrected chi connectivity index (χ1v) is 11.8. The molecule has 0 aromatic heterocycles. The largest absolute Gasteiger partial charge is 0.497 e. The summed E-state index contributed by atoms with van der Waals surface area (Å²) in [6, 6.07) is 0. The van der Waals surface area contributed by atoms with Crippen molar-refractivity contribution in [1.29, 1.82) is 0 Å². The number of aliphatic hydroxyl groups is 3. The summed E-state index contributed by atoms with van der Waals surface area (Å²) < 4.78 is 32.8. The van der Waals surface area contributed by atoms with Gasteiger partial charge in [0.1, 0.15) is 18.1 Å². The zero-order chi connectivity index (χ0) is 24.7. The zero-order valence-electron chi connectivity index (χ0n) is 19.7. The lowest BCUT2D eigenvalue weighted by atomic mass is 9.77. The van der Waals surface area contributed by atoms with Crippen molar-refractivity contribution in [2.24, 2.45) is 35.5 Å². The maximum Gasteiger partial charge on any atom is 0.337 e. The fraction of sp³-hybridized carbons (Fsp3) is 0.826. The SMILES string of the molecule is CCO[C@@H]1O[C@H](O)C[C@@H]2C(C(=O)O[C@H]3C[C@@H]4[C@@H](C(=O)OC)[C@H](O)O[C@@H](O)[C@@H]4[C@H]3C)=CO[C@H](C)[C@H]12. The summed E-state index contributed by atoms with van der Waals surface area (Å²) in [5.41, 5.74) is 0.276. The molecule has 0 bridgehead atoms. The average Bonchev–Trinajstić information content (AvgIpc) is 3.09. The molecule has 11 heteroatoms. The minimum absolute atomic E-state index is 0.192. The normalized spacial score (nSPS) is 45.9. The predicted molar refractivity (Wildman–Crippen MR) is 112 cm³/mol. The molecule has 2 saturated heterocycles. The molecule has 3 aliphatic heterocycles. The molecule has 0 unspecified atom stereocenters. The highest BCUT2D eigenvalue weighted by molar-refractivity contribution is 5.89. The lowest BCUT2D eigenvalue weighted by Gasteiger charge is -2.44. The molecule has 34 heavy (non-hydrogen) atoms. The number of fused-ring (bicyclic) bond motifs is 2. The Labute approximate surface area is 197 Å². The quantitative estimate of drug-likeness (QED) is 0.459. The van der Waals surface area contributed by atoms with Gasteiger partial charge in [-0.3, -0.25) is 4.79 Å². The zero-order valence-corrected chi connectivity index (χ0v) is 19.7. The van der Waals surface area contributed by atoms with Gasteiger partial charge in [-0.15, -0.1) is 0 Å². The van der Waals surface area contributed by atoms with Gasteiger partial charge in [0.05, 0.1) is 24.9 Å². The molecule has 192 valence electrons. The van der Waals surface area contributed by atoms with E-state index in [1.165, 1.54) is 13.4 Å². The number of hydrogen-bond donors (Lipinski definition) is 3. The number of carbonyl (C=O) groups is 2. The van der Waals surface area contributed by atoms with Crippen LogP contribution in [0.25, 0.3) is 0 Å². The number of ether oxygens (including phenoxy) is 6. The van der Waals surface area contributed by atoms with E-state index in [0.29, 0.717) is 6.61 Å².